The number of likely N-dealkylation sites (tertiary alicyclic amines) is 1. The summed E-state index contributed by atoms with van der Waals surface area (Å²) in [5, 5.41) is 0. The predicted octanol–water partition coefficient (Wildman–Crippen LogP) is 1.72. The number of methoxy groups -OCH3 is 2. The molecule has 0 aliphatic carbocycles. The van der Waals surface area contributed by atoms with Crippen LogP contribution >= 0.6 is 0 Å². The highest BCUT2D eigenvalue weighted by molar-refractivity contribution is 6.00. The number of rotatable bonds is 5. The Bertz CT molecular complexity index is 671. The zero-order valence-corrected chi connectivity index (χ0v) is 17.1. The maximum absolute atomic E-state index is 13.1. The number of piperazine rings is 1. The van der Waals surface area contributed by atoms with Crippen molar-refractivity contribution in [3.05, 3.63) is 23.8 Å². The van der Waals surface area contributed by atoms with Gasteiger partial charge in [0.05, 0.1) is 14.2 Å². The van der Waals surface area contributed by atoms with Crippen molar-refractivity contribution in [3.8, 4) is 11.5 Å². The van der Waals surface area contributed by atoms with E-state index in [1.165, 1.54) is 0 Å². The number of carbonyl (C=O) groups excluding carboxylic acids is 2. The zero-order valence-electron chi connectivity index (χ0n) is 17.1. The van der Waals surface area contributed by atoms with Crippen molar-refractivity contribution in [2.24, 2.45) is 5.92 Å². The molecule has 2 aliphatic rings. The van der Waals surface area contributed by atoms with Crippen LogP contribution < -0.4 is 9.47 Å². The molecule has 7 nitrogen and oxygen atoms in total. The fourth-order valence-electron chi connectivity index (χ4n) is 4.09. The lowest BCUT2D eigenvalue weighted by Crippen LogP contribution is -2.51. The summed E-state index contributed by atoms with van der Waals surface area (Å²) in [6.45, 7) is 7.86. The van der Waals surface area contributed by atoms with Crippen molar-refractivity contribution < 1.29 is 19.1 Å². The number of carbonyl (C=O) groups is 2. The molecule has 28 heavy (non-hydrogen) atoms. The summed E-state index contributed by atoms with van der Waals surface area (Å²) < 4.78 is 10.7. The molecule has 3 rings (SSSR count). The van der Waals surface area contributed by atoms with E-state index in [2.05, 4.69) is 11.8 Å². The maximum atomic E-state index is 13.1. The molecule has 0 N–H and O–H groups in total. The number of benzene rings is 1. The minimum atomic E-state index is -0.100. The van der Waals surface area contributed by atoms with E-state index in [0.29, 0.717) is 43.0 Å². The molecule has 0 spiro atoms. The van der Waals surface area contributed by atoms with Gasteiger partial charge in [-0.15, -0.1) is 0 Å². The topological polar surface area (TPSA) is 62.3 Å². The van der Waals surface area contributed by atoms with Crippen molar-refractivity contribution in [3.63, 3.8) is 0 Å². The van der Waals surface area contributed by atoms with Crippen LogP contribution in [-0.2, 0) is 4.79 Å². The maximum Gasteiger partial charge on any atom is 0.261 e. The van der Waals surface area contributed by atoms with Gasteiger partial charge in [-0.05, 0) is 31.5 Å². The summed E-state index contributed by atoms with van der Waals surface area (Å²) in [5.41, 5.74) is 0.452. The Labute approximate surface area is 167 Å². The Hall–Kier alpha value is -2.28. The molecule has 1 aromatic rings. The lowest BCUT2D eigenvalue weighted by molar-refractivity contribution is -0.138. The van der Waals surface area contributed by atoms with Gasteiger partial charge in [-0.1, -0.05) is 13.0 Å². The fraction of sp³-hybridized carbons (Fsp3) is 0.619. The molecule has 0 atom stereocenters. The summed E-state index contributed by atoms with van der Waals surface area (Å²) >= 11 is 0. The quantitative estimate of drug-likeness (QED) is 0.767. The van der Waals surface area contributed by atoms with Gasteiger partial charge in [0, 0.05) is 45.2 Å². The largest absolute Gasteiger partial charge is 0.496 e. The molecule has 7 heteroatoms. The van der Waals surface area contributed by atoms with Crippen molar-refractivity contribution in [1.82, 2.24) is 14.7 Å². The molecule has 2 fully saturated rings. The highest BCUT2D eigenvalue weighted by atomic mass is 16.5. The van der Waals surface area contributed by atoms with E-state index >= 15 is 0 Å². The van der Waals surface area contributed by atoms with Gasteiger partial charge in [-0.3, -0.25) is 9.59 Å². The standard InChI is InChI=1S/C21H31N3O4/c1-4-22-12-14-24(15-13-22)20(25)16-8-10-23(11-9-16)21(26)19-17(27-2)6-5-7-18(19)28-3/h5-7,16H,4,8-15H2,1-3H3. The SMILES string of the molecule is CCN1CCN(C(=O)C2CCN(C(=O)c3c(OC)cccc3OC)CC2)CC1. The molecule has 2 aliphatic heterocycles. The van der Waals surface area contributed by atoms with Crippen LogP contribution in [0.5, 0.6) is 11.5 Å². The molecule has 1 aromatic carbocycles. The second kappa shape index (κ2) is 9.28. The van der Waals surface area contributed by atoms with Gasteiger partial charge >= 0.3 is 0 Å². The normalized spacial score (nSPS) is 18.8. The smallest absolute Gasteiger partial charge is 0.261 e. The third-order valence-electron chi connectivity index (χ3n) is 5.90. The minimum Gasteiger partial charge on any atom is -0.496 e. The van der Waals surface area contributed by atoms with Gasteiger partial charge in [0.2, 0.25) is 5.91 Å². The number of hydrogen-bond donors (Lipinski definition) is 0. The van der Waals surface area contributed by atoms with Crippen molar-refractivity contribution >= 4 is 11.8 Å². The zero-order chi connectivity index (χ0) is 20.1. The Balaban J connectivity index is 1.60. The predicted molar refractivity (Wildman–Crippen MR) is 107 cm³/mol. The number of nitrogens with zero attached hydrogens (tertiary/aromatic N) is 3. The van der Waals surface area contributed by atoms with Crippen LogP contribution in [0.3, 0.4) is 0 Å². The molecule has 154 valence electrons. The van der Waals surface area contributed by atoms with Gasteiger partial charge in [0.1, 0.15) is 17.1 Å². The average molecular weight is 389 g/mol. The van der Waals surface area contributed by atoms with E-state index in [4.69, 9.17) is 9.47 Å². The summed E-state index contributed by atoms with van der Waals surface area (Å²) in [6.07, 6.45) is 1.41. The second-order valence-corrected chi connectivity index (χ2v) is 7.36. The highest BCUT2D eigenvalue weighted by Crippen LogP contribution is 2.31. The molecule has 0 bridgehead atoms. The van der Waals surface area contributed by atoms with E-state index in [9.17, 15) is 9.59 Å². The number of likely N-dealkylation sites (N-methyl/N-ethyl adjacent to an activating group) is 1. The monoisotopic (exact) mass is 389 g/mol. The molecule has 2 saturated heterocycles. The number of hydrogen-bond acceptors (Lipinski definition) is 5. The molecular weight excluding hydrogens is 358 g/mol. The van der Waals surface area contributed by atoms with Crippen molar-refractivity contribution in [2.45, 2.75) is 19.8 Å². The molecule has 2 amide bonds. The van der Waals surface area contributed by atoms with Crippen LogP contribution in [0.2, 0.25) is 0 Å². The Kier molecular flexibility index (Phi) is 6.78. The van der Waals surface area contributed by atoms with Crippen LogP contribution in [0.25, 0.3) is 0 Å². The third-order valence-corrected chi connectivity index (χ3v) is 5.90. The Morgan fingerprint density at radius 1 is 0.929 bits per heavy atom. The summed E-state index contributed by atoms with van der Waals surface area (Å²) in [4.78, 5) is 32.1. The first-order valence-electron chi connectivity index (χ1n) is 10.1. The minimum absolute atomic E-state index is 0.0109. The van der Waals surface area contributed by atoms with Crippen LogP contribution in [-0.4, -0.2) is 86.5 Å². The Morgan fingerprint density at radius 3 is 2.00 bits per heavy atom. The van der Waals surface area contributed by atoms with Gasteiger partial charge < -0.3 is 24.2 Å². The second-order valence-electron chi connectivity index (χ2n) is 7.36. The molecule has 0 aromatic heterocycles. The molecule has 2 heterocycles. The fourth-order valence-corrected chi connectivity index (χ4v) is 4.09. The number of ether oxygens (including phenoxy) is 2. The first kappa shape index (κ1) is 20.5. The number of piperidine rings is 1. The average Bonchev–Trinajstić information content (AvgIpc) is 2.77. The molecule has 0 radical (unpaired) electrons. The van der Waals surface area contributed by atoms with Crippen LogP contribution in [0.4, 0.5) is 0 Å². The summed E-state index contributed by atoms with van der Waals surface area (Å²) in [5.74, 6) is 1.18. The van der Waals surface area contributed by atoms with Crippen molar-refractivity contribution in [1.29, 1.82) is 0 Å². The summed E-state index contributed by atoms with van der Waals surface area (Å²) in [6, 6.07) is 5.33. The Morgan fingerprint density at radius 2 is 1.50 bits per heavy atom. The highest BCUT2D eigenvalue weighted by Gasteiger charge is 2.33. The van der Waals surface area contributed by atoms with Crippen molar-refractivity contribution in [2.75, 3.05) is 60.0 Å². The van der Waals surface area contributed by atoms with Gasteiger partial charge in [0.25, 0.3) is 5.91 Å². The van der Waals surface area contributed by atoms with E-state index in [0.717, 1.165) is 32.7 Å². The van der Waals surface area contributed by atoms with Crippen LogP contribution in [0.1, 0.15) is 30.1 Å². The van der Waals surface area contributed by atoms with E-state index in [1.807, 2.05) is 4.90 Å². The molecule has 0 saturated carbocycles. The van der Waals surface area contributed by atoms with Gasteiger partial charge in [-0.25, -0.2) is 0 Å². The number of amides is 2. The van der Waals surface area contributed by atoms with E-state index in [-0.39, 0.29) is 17.7 Å². The molecular formula is C21H31N3O4. The van der Waals surface area contributed by atoms with Crippen LogP contribution in [0.15, 0.2) is 18.2 Å². The van der Waals surface area contributed by atoms with E-state index in [1.54, 1.807) is 37.3 Å². The van der Waals surface area contributed by atoms with Gasteiger partial charge in [0.15, 0.2) is 0 Å². The first-order valence-corrected chi connectivity index (χ1v) is 10.1. The van der Waals surface area contributed by atoms with Crippen LogP contribution in [0, 0.1) is 5.92 Å². The molecule has 0 unspecified atom stereocenters. The first-order chi connectivity index (χ1) is 13.6. The third kappa shape index (κ3) is 4.24. The summed E-state index contributed by atoms with van der Waals surface area (Å²) in [7, 11) is 3.10. The lowest BCUT2D eigenvalue weighted by Gasteiger charge is -2.38. The van der Waals surface area contributed by atoms with Gasteiger partial charge in [-0.2, -0.15) is 0 Å². The lowest BCUT2D eigenvalue weighted by atomic mass is 9.94. The van der Waals surface area contributed by atoms with E-state index < -0.39 is 0 Å².